The highest BCUT2D eigenvalue weighted by Gasteiger charge is 2.71. The lowest BCUT2D eigenvalue weighted by molar-refractivity contribution is -0.235. The summed E-state index contributed by atoms with van der Waals surface area (Å²) in [6.07, 6.45) is 7.13. The van der Waals surface area contributed by atoms with E-state index in [-0.39, 0.29) is 51.8 Å². The molecule has 9 atom stereocenters. The third-order valence-corrected chi connectivity index (χ3v) is 17.4. The highest BCUT2D eigenvalue weighted by Crippen LogP contribution is 2.77. The number of esters is 1. The molecule has 9 unspecified atom stereocenters. The first-order chi connectivity index (χ1) is 26.4. The van der Waals surface area contributed by atoms with Gasteiger partial charge in [0, 0.05) is 48.5 Å². The maximum absolute atomic E-state index is 14.3. The first-order valence-corrected chi connectivity index (χ1v) is 22.3. The van der Waals surface area contributed by atoms with Crippen LogP contribution in [-0.2, 0) is 25.7 Å². The van der Waals surface area contributed by atoms with E-state index in [0.717, 1.165) is 75.6 Å². The number of carbonyl (C=O) groups excluding carboxylic acids is 2. The van der Waals surface area contributed by atoms with E-state index in [0.29, 0.717) is 36.4 Å². The van der Waals surface area contributed by atoms with Gasteiger partial charge in [-0.2, -0.15) is 0 Å². The molecular weight excluding hydrogens is 736 g/mol. The zero-order valence-electron chi connectivity index (χ0n) is 37.0. The summed E-state index contributed by atoms with van der Waals surface area (Å²) in [6, 6.07) is 8.00. The van der Waals surface area contributed by atoms with E-state index in [2.05, 4.69) is 84.5 Å². The number of ether oxygens (including phenoxy) is 1. The molecule has 0 radical (unpaired) electrons. The lowest BCUT2D eigenvalue weighted by atomic mass is 9.33. The van der Waals surface area contributed by atoms with Crippen molar-refractivity contribution < 1.29 is 29.3 Å². The summed E-state index contributed by atoms with van der Waals surface area (Å²) in [4.78, 5) is 43.8. The summed E-state index contributed by atoms with van der Waals surface area (Å²) in [5, 5.41) is 23.0. The largest absolute Gasteiger partial charge is 0.481 e. The van der Waals surface area contributed by atoms with Gasteiger partial charge in [0.05, 0.1) is 17.9 Å². The molecular formula is C48H73ClN2O6. The molecule has 0 spiro atoms. The third kappa shape index (κ3) is 7.58. The molecule has 4 saturated carbocycles. The molecule has 0 aliphatic heterocycles. The number of allylic oxidation sites excluding steroid dienone is 1. The molecule has 0 bridgehead atoms. The van der Waals surface area contributed by atoms with Crippen LogP contribution in [0.3, 0.4) is 0 Å². The molecule has 8 nitrogen and oxygen atoms in total. The number of carbonyl (C=O) groups is 3. The van der Waals surface area contributed by atoms with Crippen LogP contribution in [0.2, 0.25) is 5.02 Å². The van der Waals surface area contributed by atoms with Crippen LogP contribution < -0.4 is 0 Å². The van der Waals surface area contributed by atoms with Crippen LogP contribution in [0.1, 0.15) is 132 Å². The number of hydrogen-bond acceptors (Lipinski definition) is 7. The zero-order valence-corrected chi connectivity index (χ0v) is 37.7. The number of benzene rings is 1. The van der Waals surface area contributed by atoms with E-state index in [4.69, 9.17) is 16.3 Å². The first kappa shape index (κ1) is 44.3. The number of hydrogen-bond donors (Lipinski definition) is 2. The van der Waals surface area contributed by atoms with Gasteiger partial charge in [-0.25, -0.2) is 0 Å². The summed E-state index contributed by atoms with van der Waals surface area (Å²) >= 11 is 6.24. The predicted molar refractivity (Wildman–Crippen MR) is 227 cm³/mol. The van der Waals surface area contributed by atoms with Crippen molar-refractivity contribution in [1.82, 2.24) is 9.80 Å². The molecule has 4 fully saturated rings. The van der Waals surface area contributed by atoms with E-state index in [1.54, 1.807) is 13.8 Å². The van der Waals surface area contributed by atoms with Crippen LogP contribution in [0.25, 0.3) is 0 Å². The van der Waals surface area contributed by atoms with Gasteiger partial charge in [-0.15, -0.1) is 0 Å². The lowest BCUT2D eigenvalue weighted by Gasteiger charge is -2.72. The topological polar surface area (TPSA) is 107 Å². The van der Waals surface area contributed by atoms with Gasteiger partial charge in [0.25, 0.3) is 0 Å². The van der Waals surface area contributed by atoms with Gasteiger partial charge in [-0.1, -0.05) is 77.8 Å². The van der Waals surface area contributed by atoms with Gasteiger partial charge in [0.2, 0.25) is 0 Å². The lowest BCUT2D eigenvalue weighted by Crippen LogP contribution is -2.66. The van der Waals surface area contributed by atoms with E-state index in [1.165, 1.54) is 5.57 Å². The van der Waals surface area contributed by atoms with Crippen molar-refractivity contribution in [3.63, 3.8) is 0 Å². The third-order valence-electron chi connectivity index (χ3n) is 17.1. The van der Waals surface area contributed by atoms with Gasteiger partial charge in [0.1, 0.15) is 6.10 Å². The second kappa shape index (κ2) is 15.6. The maximum Gasteiger partial charge on any atom is 0.309 e. The van der Waals surface area contributed by atoms with Crippen LogP contribution in [0.5, 0.6) is 0 Å². The smallest absolute Gasteiger partial charge is 0.309 e. The Morgan fingerprint density at radius 3 is 2.19 bits per heavy atom. The number of aliphatic hydroxyl groups excluding tert-OH is 1. The van der Waals surface area contributed by atoms with Gasteiger partial charge < -0.3 is 19.8 Å². The Labute approximate surface area is 348 Å². The maximum atomic E-state index is 14.3. The quantitative estimate of drug-likeness (QED) is 0.190. The summed E-state index contributed by atoms with van der Waals surface area (Å²) in [5.74, 6) is 0.00261. The Balaban J connectivity index is 1.29. The fourth-order valence-corrected chi connectivity index (χ4v) is 13.9. The molecule has 0 amide bonds. The van der Waals surface area contributed by atoms with Crippen molar-refractivity contribution in [2.75, 3.05) is 33.7 Å². The van der Waals surface area contributed by atoms with Gasteiger partial charge >= 0.3 is 11.9 Å². The van der Waals surface area contributed by atoms with Crippen LogP contribution in [0.4, 0.5) is 0 Å². The van der Waals surface area contributed by atoms with Crippen LogP contribution in [-0.4, -0.2) is 83.7 Å². The van der Waals surface area contributed by atoms with Gasteiger partial charge in [-0.3, -0.25) is 19.3 Å². The number of likely N-dealkylation sites (N-methyl/N-ethyl adjacent to an activating group) is 1. The fourth-order valence-electron chi connectivity index (χ4n) is 13.8. The number of halogens is 1. The van der Waals surface area contributed by atoms with Crippen molar-refractivity contribution in [3.8, 4) is 0 Å². The number of carboxylic acids is 1. The van der Waals surface area contributed by atoms with E-state index in [9.17, 15) is 24.6 Å². The molecule has 1 aromatic rings. The van der Waals surface area contributed by atoms with Crippen molar-refractivity contribution >= 4 is 29.3 Å². The molecule has 2 N–H and O–H groups in total. The average Bonchev–Trinajstić information content (AvgIpc) is 3.42. The SMILES string of the molecule is CC(C)C1=C2C3CCC4C5(C)CCC(OC(=O)CC(C)(C)C(=O)O)C(C)(C)C5CCC4(C)C3(C)CCC2(C(O)CN(CCN(C)C)Cc2ccc(Cl)cc2)CC1=O. The molecule has 5 aliphatic carbocycles. The standard InChI is InChI=1S/C48H73ClN2O6/c1-30(2)40-34(52)26-48(37(53)29-51(25-24-50(10)11)28-31-12-14-32(49)15-13-31)23-22-46(8)33(41(40)48)16-17-36-45(7)20-19-38(57-39(54)27-43(3,4)42(55)56)44(5,6)35(45)18-21-47(36,46)9/h12-15,30,33,35-38,53H,16-29H2,1-11H3,(H,55,56). The average molecular weight is 810 g/mol. The molecule has 5 aliphatic rings. The predicted octanol–water partition coefficient (Wildman–Crippen LogP) is 9.46. The highest BCUT2D eigenvalue weighted by molar-refractivity contribution is 6.30. The Bertz CT molecular complexity index is 1740. The van der Waals surface area contributed by atoms with Crippen molar-refractivity contribution in [1.29, 1.82) is 0 Å². The second-order valence-corrected chi connectivity index (χ2v) is 22.2. The Morgan fingerprint density at radius 2 is 1.58 bits per heavy atom. The van der Waals surface area contributed by atoms with E-state index in [1.807, 2.05) is 12.1 Å². The Morgan fingerprint density at radius 1 is 0.912 bits per heavy atom. The van der Waals surface area contributed by atoms with Gasteiger partial charge in [-0.05, 0) is 142 Å². The van der Waals surface area contributed by atoms with Crippen molar-refractivity contribution in [3.05, 3.63) is 46.0 Å². The van der Waals surface area contributed by atoms with Crippen molar-refractivity contribution in [2.45, 2.75) is 145 Å². The van der Waals surface area contributed by atoms with Crippen LogP contribution in [0, 0.1) is 56.2 Å². The number of rotatable bonds is 13. The highest BCUT2D eigenvalue weighted by atomic mass is 35.5. The number of carboxylic acid groups (broad SMARTS) is 1. The normalized spacial score (nSPS) is 35.5. The monoisotopic (exact) mass is 809 g/mol. The summed E-state index contributed by atoms with van der Waals surface area (Å²) in [6.45, 7) is 22.6. The number of aliphatic carboxylic acids is 1. The Kier molecular flexibility index (Phi) is 12.2. The first-order valence-electron chi connectivity index (χ1n) is 21.9. The fraction of sp³-hybridized carbons (Fsp3) is 0.771. The second-order valence-electron chi connectivity index (χ2n) is 21.7. The van der Waals surface area contributed by atoms with Crippen LogP contribution in [0.15, 0.2) is 35.4 Å². The molecule has 57 heavy (non-hydrogen) atoms. The minimum atomic E-state index is -1.17. The molecule has 0 heterocycles. The zero-order chi connectivity index (χ0) is 42.1. The minimum absolute atomic E-state index is 0.0308. The molecule has 0 aromatic heterocycles. The molecule has 9 heteroatoms. The molecule has 318 valence electrons. The number of aliphatic hydroxyl groups is 1. The number of ketones is 1. The van der Waals surface area contributed by atoms with Gasteiger partial charge in [0.15, 0.2) is 5.78 Å². The van der Waals surface area contributed by atoms with E-state index >= 15 is 0 Å². The van der Waals surface area contributed by atoms with Crippen molar-refractivity contribution in [2.24, 2.45) is 56.2 Å². The summed E-state index contributed by atoms with van der Waals surface area (Å²) in [5.41, 5.74) is 1.54. The van der Waals surface area contributed by atoms with E-state index < -0.39 is 28.9 Å². The molecule has 6 rings (SSSR count). The molecule has 1 aromatic carbocycles. The summed E-state index contributed by atoms with van der Waals surface area (Å²) < 4.78 is 6.20. The summed E-state index contributed by atoms with van der Waals surface area (Å²) in [7, 11) is 4.17. The number of Topliss-reactive ketones (excluding diaryl/α,β-unsaturated/α-hetero) is 1. The number of fused-ring (bicyclic) bond motifs is 7. The number of nitrogens with zero attached hydrogens (tertiary/aromatic N) is 2. The minimum Gasteiger partial charge on any atom is -0.481 e. The Hall–Kier alpha value is -2.26. The van der Waals surface area contributed by atoms with Crippen LogP contribution >= 0.6 is 11.6 Å². The molecule has 0 saturated heterocycles.